The van der Waals surface area contributed by atoms with Crippen molar-refractivity contribution >= 4 is 34.8 Å². The predicted molar refractivity (Wildman–Crippen MR) is 147 cm³/mol. The molecule has 2 heterocycles. The van der Waals surface area contributed by atoms with Crippen molar-refractivity contribution in [3.05, 3.63) is 98.8 Å². The number of hydrogen-bond acceptors (Lipinski definition) is 4. The number of amides is 1. The van der Waals surface area contributed by atoms with Crippen LogP contribution in [-0.2, 0) is 6.61 Å². The van der Waals surface area contributed by atoms with Crippen LogP contribution in [0.3, 0.4) is 0 Å². The lowest BCUT2D eigenvalue weighted by molar-refractivity contribution is 0.0989. The average molecular weight is 536 g/mol. The first-order chi connectivity index (χ1) is 17.7. The maximum absolute atomic E-state index is 14.1. The third-order valence-corrected chi connectivity index (χ3v) is 7.20. The van der Waals surface area contributed by atoms with Crippen molar-refractivity contribution in [2.24, 2.45) is 0 Å². The molecule has 4 aromatic rings. The number of aliphatic hydroxyl groups is 1. The van der Waals surface area contributed by atoms with Crippen molar-refractivity contribution < 1.29 is 14.6 Å². The second-order valence-electron chi connectivity index (χ2n) is 9.39. The molecular formula is C29H27Cl2N3O3. The third kappa shape index (κ3) is 4.29. The van der Waals surface area contributed by atoms with E-state index >= 15 is 0 Å². The molecule has 0 spiro atoms. The molecule has 0 saturated heterocycles. The standard InChI is InChI=1S/C29H27Cl2N3O3/c1-16(2)33-27-25(32-28(33)22-12-6-18(15-35)13-24(22)37-4)29(36)34(23-14-21(31)9-5-17(23)3)26(27)19-7-10-20(30)11-8-19/h5-14,16,26,35H,15H2,1-4H3. The quantitative estimate of drug-likeness (QED) is 0.288. The molecule has 8 heteroatoms. The van der Waals surface area contributed by atoms with Gasteiger partial charge in [0.1, 0.15) is 17.6 Å². The Hall–Kier alpha value is -3.32. The number of rotatable bonds is 6. The van der Waals surface area contributed by atoms with Gasteiger partial charge in [0, 0.05) is 21.8 Å². The van der Waals surface area contributed by atoms with E-state index in [4.69, 9.17) is 32.9 Å². The van der Waals surface area contributed by atoms with Gasteiger partial charge in [0.2, 0.25) is 0 Å². The van der Waals surface area contributed by atoms with Gasteiger partial charge in [0.05, 0.1) is 25.0 Å². The molecule has 5 rings (SSSR count). The Balaban J connectivity index is 1.79. The molecule has 0 aliphatic carbocycles. The number of aromatic nitrogens is 2. The van der Waals surface area contributed by atoms with Crippen LogP contribution in [0.15, 0.2) is 60.7 Å². The maximum Gasteiger partial charge on any atom is 0.279 e. The van der Waals surface area contributed by atoms with E-state index in [9.17, 15) is 9.90 Å². The molecular weight excluding hydrogens is 509 g/mol. The first-order valence-corrected chi connectivity index (χ1v) is 12.8. The highest BCUT2D eigenvalue weighted by Gasteiger charge is 2.45. The van der Waals surface area contributed by atoms with Crippen molar-refractivity contribution in [1.82, 2.24) is 9.55 Å². The molecule has 1 aromatic heterocycles. The number of nitrogens with zero attached hydrogens (tertiary/aromatic N) is 3. The predicted octanol–water partition coefficient (Wildman–Crippen LogP) is 7.00. The lowest BCUT2D eigenvalue weighted by atomic mass is 10.0. The van der Waals surface area contributed by atoms with E-state index in [0.29, 0.717) is 27.3 Å². The monoisotopic (exact) mass is 535 g/mol. The Morgan fingerprint density at radius 2 is 1.73 bits per heavy atom. The van der Waals surface area contributed by atoms with Gasteiger partial charge in [-0.25, -0.2) is 4.98 Å². The Morgan fingerprint density at radius 1 is 1.03 bits per heavy atom. The molecule has 1 aliphatic rings. The van der Waals surface area contributed by atoms with Crippen LogP contribution in [0.25, 0.3) is 11.4 Å². The lowest BCUT2D eigenvalue weighted by Crippen LogP contribution is -2.31. The largest absolute Gasteiger partial charge is 0.496 e. The smallest absolute Gasteiger partial charge is 0.279 e. The maximum atomic E-state index is 14.1. The van der Waals surface area contributed by atoms with Gasteiger partial charge < -0.3 is 14.4 Å². The molecule has 0 fully saturated rings. The van der Waals surface area contributed by atoms with Gasteiger partial charge in [-0.3, -0.25) is 9.69 Å². The van der Waals surface area contributed by atoms with Crippen LogP contribution in [0.4, 0.5) is 5.69 Å². The molecule has 1 unspecified atom stereocenters. The van der Waals surface area contributed by atoms with Crippen LogP contribution in [0.5, 0.6) is 5.75 Å². The minimum Gasteiger partial charge on any atom is -0.496 e. The Kier molecular flexibility index (Phi) is 6.75. The molecule has 0 saturated carbocycles. The van der Waals surface area contributed by atoms with Gasteiger partial charge in [0.25, 0.3) is 5.91 Å². The summed E-state index contributed by atoms with van der Waals surface area (Å²) in [4.78, 5) is 20.8. The first-order valence-electron chi connectivity index (χ1n) is 12.0. The minimum absolute atomic E-state index is 0.0171. The summed E-state index contributed by atoms with van der Waals surface area (Å²) in [6.45, 7) is 5.99. The molecule has 6 nitrogen and oxygen atoms in total. The van der Waals surface area contributed by atoms with Crippen molar-refractivity contribution in [2.45, 2.75) is 39.5 Å². The van der Waals surface area contributed by atoms with E-state index < -0.39 is 6.04 Å². The molecule has 1 amide bonds. The van der Waals surface area contributed by atoms with Gasteiger partial charge >= 0.3 is 0 Å². The van der Waals surface area contributed by atoms with Crippen LogP contribution >= 0.6 is 23.2 Å². The molecule has 1 N–H and O–H groups in total. The summed E-state index contributed by atoms with van der Waals surface area (Å²) >= 11 is 12.6. The zero-order valence-electron chi connectivity index (χ0n) is 21.0. The van der Waals surface area contributed by atoms with Gasteiger partial charge in [-0.15, -0.1) is 0 Å². The average Bonchev–Trinajstić information content (AvgIpc) is 3.40. The van der Waals surface area contributed by atoms with Crippen molar-refractivity contribution in [3.63, 3.8) is 0 Å². The fourth-order valence-corrected chi connectivity index (χ4v) is 5.28. The van der Waals surface area contributed by atoms with E-state index in [1.54, 1.807) is 18.1 Å². The topological polar surface area (TPSA) is 67.6 Å². The number of ether oxygens (including phenoxy) is 1. The fourth-order valence-electron chi connectivity index (χ4n) is 4.99. The Bertz CT molecular complexity index is 1500. The number of imidazole rings is 1. The summed E-state index contributed by atoms with van der Waals surface area (Å²) in [6.07, 6.45) is 0. The molecule has 0 radical (unpaired) electrons. The highest BCUT2D eigenvalue weighted by atomic mass is 35.5. The highest BCUT2D eigenvalue weighted by Crippen LogP contribution is 2.46. The third-order valence-electron chi connectivity index (χ3n) is 6.71. The first kappa shape index (κ1) is 25.3. The number of anilines is 1. The summed E-state index contributed by atoms with van der Waals surface area (Å²) < 4.78 is 7.76. The Morgan fingerprint density at radius 3 is 2.38 bits per heavy atom. The number of halogens is 2. The highest BCUT2D eigenvalue weighted by molar-refractivity contribution is 6.31. The number of benzene rings is 3. The van der Waals surface area contributed by atoms with E-state index in [2.05, 4.69) is 18.4 Å². The molecule has 3 aromatic carbocycles. The second-order valence-corrected chi connectivity index (χ2v) is 10.3. The van der Waals surface area contributed by atoms with Crippen molar-refractivity contribution in [2.75, 3.05) is 12.0 Å². The van der Waals surface area contributed by atoms with Crippen LogP contribution in [0, 0.1) is 6.92 Å². The van der Waals surface area contributed by atoms with E-state index in [1.165, 1.54) is 0 Å². The van der Waals surface area contributed by atoms with Crippen molar-refractivity contribution in [1.29, 1.82) is 0 Å². The van der Waals surface area contributed by atoms with Gasteiger partial charge in [0.15, 0.2) is 5.69 Å². The number of aryl methyl sites for hydroxylation is 1. The fraction of sp³-hybridized carbons (Fsp3) is 0.241. The summed E-state index contributed by atoms with van der Waals surface area (Å²) in [5, 5.41) is 10.8. The lowest BCUT2D eigenvalue weighted by Gasteiger charge is -2.29. The van der Waals surface area contributed by atoms with Crippen LogP contribution < -0.4 is 9.64 Å². The van der Waals surface area contributed by atoms with Crippen molar-refractivity contribution in [3.8, 4) is 17.1 Å². The molecule has 0 bridgehead atoms. The number of hydrogen-bond donors (Lipinski definition) is 1. The van der Waals surface area contributed by atoms with E-state index in [1.807, 2.05) is 61.5 Å². The van der Waals surface area contributed by atoms with Gasteiger partial charge in [-0.05, 0) is 73.9 Å². The Labute approximate surface area is 226 Å². The minimum atomic E-state index is -0.441. The molecule has 1 aliphatic heterocycles. The molecule has 190 valence electrons. The van der Waals surface area contributed by atoms with Crippen LogP contribution in [-0.4, -0.2) is 27.7 Å². The number of aliphatic hydroxyl groups excluding tert-OH is 1. The summed E-state index contributed by atoms with van der Waals surface area (Å²) in [5.41, 5.74) is 5.23. The number of carbonyl (C=O) groups excluding carboxylic acids is 1. The summed E-state index contributed by atoms with van der Waals surface area (Å²) in [6, 6.07) is 18.1. The van der Waals surface area contributed by atoms with E-state index in [-0.39, 0.29) is 18.6 Å². The van der Waals surface area contributed by atoms with E-state index in [0.717, 1.165) is 33.6 Å². The summed E-state index contributed by atoms with van der Waals surface area (Å²) in [7, 11) is 1.58. The normalized spacial score (nSPS) is 15.0. The van der Waals surface area contributed by atoms with Crippen LogP contribution in [0.2, 0.25) is 10.0 Å². The number of carbonyl (C=O) groups is 1. The summed E-state index contributed by atoms with van der Waals surface area (Å²) in [5.74, 6) is 1.01. The van der Waals surface area contributed by atoms with Gasteiger partial charge in [-0.1, -0.05) is 47.5 Å². The number of fused-ring (bicyclic) bond motifs is 1. The molecule has 37 heavy (non-hydrogen) atoms. The van der Waals surface area contributed by atoms with Gasteiger partial charge in [-0.2, -0.15) is 0 Å². The van der Waals surface area contributed by atoms with Crippen LogP contribution in [0.1, 0.15) is 58.8 Å². The zero-order chi connectivity index (χ0) is 26.4. The zero-order valence-corrected chi connectivity index (χ0v) is 22.5. The SMILES string of the molecule is COc1cc(CO)ccc1-c1nc2c(n1C(C)C)C(c1ccc(Cl)cc1)N(c1cc(Cl)ccc1C)C2=O. The number of methoxy groups -OCH3 is 1. The molecule has 1 atom stereocenters. The second kappa shape index (κ2) is 9.86.